The number of methoxy groups -OCH3 is 1. The van der Waals surface area contributed by atoms with E-state index >= 15 is 0 Å². The van der Waals surface area contributed by atoms with Gasteiger partial charge in [-0.3, -0.25) is 14.4 Å². The zero-order valence-corrected chi connectivity index (χ0v) is 19.8. The SMILES string of the molecule is COc1ccccc1C(=O)NC(CCSC)C(=O)Nc1ccc(NC(=O)CC(C)C)cc1. The minimum atomic E-state index is -0.703. The number of thioether (sulfide) groups is 1. The second-order valence-electron chi connectivity index (χ2n) is 7.72. The molecule has 0 aromatic heterocycles. The van der Waals surface area contributed by atoms with Gasteiger partial charge in [-0.1, -0.05) is 26.0 Å². The Morgan fingerprint density at radius 3 is 2.19 bits per heavy atom. The van der Waals surface area contributed by atoms with E-state index in [1.807, 2.05) is 20.1 Å². The maximum Gasteiger partial charge on any atom is 0.255 e. The summed E-state index contributed by atoms with van der Waals surface area (Å²) in [5.74, 6) is 0.714. The number of para-hydroxylation sites is 1. The molecule has 0 aliphatic heterocycles. The predicted molar refractivity (Wildman–Crippen MR) is 130 cm³/mol. The highest BCUT2D eigenvalue weighted by Crippen LogP contribution is 2.18. The van der Waals surface area contributed by atoms with Crippen LogP contribution < -0.4 is 20.7 Å². The minimum Gasteiger partial charge on any atom is -0.496 e. The van der Waals surface area contributed by atoms with Gasteiger partial charge in [0, 0.05) is 17.8 Å². The molecule has 0 fully saturated rings. The van der Waals surface area contributed by atoms with Gasteiger partial charge in [-0.05, 0) is 60.7 Å². The molecule has 0 radical (unpaired) electrons. The van der Waals surface area contributed by atoms with Crippen molar-refractivity contribution in [3.63, 3.8) is 0 Å². The fourth-order valence-electron chi connectivity index (χ4n) is 3.02. The van der Waals surface area contributed by atoms with E-state index in [0.29, 0.717) is 41.3 Å². The molecule has 0 heterocycles. The average Bonchev–Trinajstić information content (AvgIpc) is 2.77. The largest absolute Gasteiger partial charge is 0.496 e. The van der Waals surface area contributed by atoms with Crippen LogP contribution in [0.15, 0.2) is 48.5 Å². The van der Waals surface area contributed by atoms with Crippen molar-refractivity contribution in [1.82, 2.24) is 5.32 Å². The number of hydrogen-bond donors (Lipinski definition) is 3. The molecule has 3 amide bonds. The number of ether oxygens (including phenoxy) is 1. The number of anilines is 2. The molecule has 32 heavy (non-hydrogen) atoms. The maximum absolute atomic E-state index is 12.9. The van der Waals surface area contributed by atoms with Gasteiger partial charge in [0.2, 0.25) is 11.8 Å². The molecule has 3 N–H and O–H groups in total. The summed E-state index contributed by atoms with van der Waals surface area (Å²) in [6.07, 6.45) is 2.88. The minimum absolute atomic E-state index is 0.0482. The highest BCUT2D eigenvalue weighted by molar-refractivity contribution is 7.98. The van der Waals surface area contributed by atoms with Gasteiger partial charge in [-0.2, -0.15) is 11.8 Å². The summed E-state index contributed by atoms with van der Waals surface area (Å²) in [6.45, 7) is 3.97. The van der Waals surface area contributed by atoms with Crippen LogP contribution in [0, 0.1) is 5.92 Å². The Morgan fingerprint density at radius 1 is 0.969 bits per heavy atom. The topological polar surface area (TPSA) is 96.5 Å². The number of nitrogens with one attached hydrogen (secondary N) is 3. The molecule has 0 bridgehead atoms. The van der Waals surface area contributed by atoms with Gasteiger partial charge in [0.05, 0.1) is 12.7 Å². The Hall–Kier alpha value is -3.00. The Balaban J connectivity index is 2.04. The van der Waals surface area contributed by atoms with Crippen molar-refractivity contribution in [2.45, 2.75) is 32.7 Å². The molecular formula is C24H31N3O4S. The first-order valence-corrected chi connectivity index (χ1v) is 11.9. The van der Waals surface area contributed by atoms with Gasteiger partial charge in [-0.25, -0.2) is 0 Å². The average molecular weight is 458 g/mol. The summed E-state index contributed by atoms with van der Waals surface area (Å²) in [5, 5.41) is 8.50. The van der Waals surface area contributed by atoms with E-state index in [-0.39, 0.29) is 23.6 Å². The molecule has 2 aromatic rings. The predicted octanol–water partition coefficient (Wildman–Crippen LogP) is 4.17. The molecule has 0 spiro atoms. The zero-order chi connectivity index (χ0) is 23.5. The second kappa shape index (κ2) is 12.8. The molecule has 1 atom stereocenters. The standard InChI is InChI=1S/C24H31N3O4S/c1-16(2)15-22(28)25-17-9-11-18(12-10-17)26-24(30)20(13-14-32-4)27-23(29)19-7-5-6-8-21(19)31-3/h5-12,16,20H,13-15H2,1-4H3,(H,25,28)(H,26,30)(H,27,29). The normalized spacial score (nSPS) is 11.5. The number of hydrogen-bond acceptors (Lipinski definition) is 5. The first-order chi connectivity index (χ1) is 15.3. The van der Waals surface area contributed by atoms with Gasteiger partial charge >= 0.3 is 0 Å². The lowest BCUT2D eigenvalue weighted by molar-refractivity contribution is -0.118. The quantitative estimate of drug-likeness (QED) is 0.471. The van der Waals surface area contributed by atoms with Crippen LogP contribution in [-0.2, 0) is 9.59 Å². The van der Waals surface area contributed by atoms with Crippen molar-refractivity contribution in [1.29, 1.82) is 0 Å². The molecule has 2 aromatic carbocycles. The highest BCUT2D eigenvalue weighted by Gasteiger charge is 2.23. The molecule has 0 aliphatic carbocycles. The Kier molecular flexibility index (Phi) is 10.1. The smallest absolute Gasteiger partial charge is 0.255 e. The van der Waals surface area contributed by atoms with Crippen molar-refractivity contribution >= 4 is 40.9 Å². The monoisotopic (exact) mass is 457 g/mol. The van der Waals surface area contributed by atoms with Crippen LogP contribution in [0.25, 0.3) is 0 Å². The number of carbonyl (C=O) groups excluding carboxylic acids is 3. The zero-order valence-electron chi connectivity index (χ0n) is 18.9. The molecule has 0 aliphatic rings. The van der Waals surface area contributed by atoms with E-state index in [4.69, 9.17) is 4.74 Å². The Morgan fingerprint density at radius 2 is 1.59 bits per heavy atom. The van der Waals surface area contributed by atoms with Crippen LogP contribution in [0.5, 0.6) is 5.75 Å². The molecule has 8 heteroatoms. The molecule has 172 valence electrons. The van der Waals surface area contributed by atoms with Crippen molar-refractivity contribution in [2.24, 2.45) is 5.92 Å². The fourth-order valence-corrected chi connectivity index (χ4v) is 3.49. The molecule has 1 unspecified atom stereocenters. The van der Waals surface area contributed by atoms with E-state index in [2.05, 4.69) is 16.0 Å². The van der Waals surface area contributed by atoms with Crippen molar-refractivity contribution in [3.05, 3.63) is 54.1 Å². The second-order valence-corrected chi connectivity index (χ2v) is 8.71. The summed E-state index contributed by atoms with van der Waals surface area (Å²) in [6, 6.07) is 13.1. The van der Waals surface area contributed by atoms with E-state index in [0.717, 1.165) is 0 Å². The molecule has 0 saturated heterocycles. The van der Waals surface area contributed by atoms with Crippen LogP contribution in [0.1, 0.15) is 37.0 Å². The summed E-state index contributed by atoms with van der Waals surface area (Å²) in [4.78, 5) is 37.6. The van der Waals surface area contributed by atoms with Crippen LogP contribution in [0.3, 0.4) is 0 Å². The lowest BCUT2D eigenvalue weighted by Crippen LogP contribution is -2.44. The third kappa shape index (κ3) is 7.92. The first-order valence-electron chi connectivity index (χ1n) is 10.5. The maximum atomic E-state index is 12.9. The van der Waals surface area contributed by atoms with Crippen molar-refractivity contribution in [3.8, 4) is 5.75 Å². The lowest BCUT2D eigenvalue weighted by Gasteiger charge is -2.19. The third-order valence-electron chi connectivity index (χ3n) is 4.61. The first kappa shape index (κ1) is 25.3. The van der Waals surface area contributed by atoms with Gasteiger partial charge in [-0.15, -0.1) is 0 Å². The van der Waals surface area contributed by atoms with Crippen molar-refractivity contribution in [2.75, 3.05) is 29.8 Å². The van der Waals surface area contributed by atoms with E-state index in [1.165, 1.54) is 7.11 Å². The number of carbonyl (C=O) groups is 3. The van der Waals surface area contributed by atoms with Gasteiger partial charge in [0.1, 0.15) is 11.8 Å². The van der Waals surface area contributed by atoms with Gasteiger partial charge in [0.15, 0.2) is 0 Å². The number of benzene rings is 2. The molecular weight excluding hydrogens is 426 g/mol. The number of rotatable bonds is 11. The Bertz CT molecular complexity index is 916. The number of amides is 3. The summed E-state index contributed by atoms with van der Waals surface area (Å²) >= 11 is 1.60. The lowest BCUT2D eigenvalue weighted by atomic mass is 10.1. The third-order valence-corrected chi connectivity index (χ3v) is 5.26. The van der Waals surface area contributed by atoms with Crippen LogP contribution >= 0.6 is 11.8 Å². The molecule has 7 nitrogen and oxygen atoms in total. The van der Waals surface area contributed by atoms with Crippen LogP contribution in [0.2, 0.25) is 0 Å². The van der Waals surface area contributed by atoms with Crippen LogP contribution in [-0.4, -0.2) is 42.9 Å². The van der Waals surface area contributed by atoms with Crippen molar-refractivity contribution < 1.29 is 19.1 Å². The van der Waals surface area contributed by atoms with E-state index < -0.39 is 6.04 Å². The van der Waals surface area contributed by atoms with E-state index in [1.54, 1.807) is 60.3 Å². The van der Waals surface area contributed by atoms with Gasteiger partial charge < -0.3 is 20.7 Å². The Labute approximate surface area is 193 Å². The highest BCUT2D eigenvalue weighted by atomic mass is 32.2. The molecule has 0 saturated carbocycles. The molecule has 2 rings (SSSR count). The van der Waals surface area contributed by atoms with Gasteiger partial charge in [0.25, 0.3) is 5.91 Å². The van der Waals surface area contributed by atoms with E-state index in [9.17, 15) is 14.4 Å². The summed E-state index contributed by atoms with van der Waals surface area (Å²) in [7, 11) is 1.50. The summed E-state index contributed by atoms with van der Waals surface area (Å²) < 4.78 is 5.25. The summed E-state index contributed by atoms with van der Waals surface area (Å²) in [5.41, 5.74) is 1.62. The fraction of sp³-hybridized carbons (Fsp3) is 0.375. The van der Waals surface area contributed by atoms with Crippen LogP contribution in [0.4, 0.5) is 11.4 Å².